The zero-order valence-electron chi connectivity index (χ0n) is 18.7. The molecular formula is C22H38O4Si. The lowest BCUT2D eigenvalue weighted by Crippen LogP contribution is -2.45. The van der Waals surface area contributed by atoms with Gasteiger partial charge in [-0.3, -0.25) is 0 Å². The molecule has 0 aromatic carbocycles. The van der Waals surface area contributed by atoms with Crippen molar-refractivity contribution in [2.24, 2.45) is 0 Å². The van der Waals surface area contributed by atoms with Gasteiger partial charge < -0.3 is 13.9 Å². The molecule has 4 nitrogen and oxygen atoms in total. The van der Waals surface area contributed by atoms with E-state index in [1.807, 2.05) is 26.8 Å². The van der Waals surface area contributed by atoms with E-state index in [9.17, 15) is 4.79 Å². The van der Waals surface area contributed by atoms with Crippen LogP contribution >= 0.6 is 0 Å². The van der Waals surface area contributed by atoms with Crippen LogP contribution in [0, 0.1) is 0 Å². The third-order valence-electron chi connectivity index (χ3n) is 5.22. The summed E-state index contributed by atoms with van der Waals surface area (Å²) in [6.07, 6.45) is 6.10. The van der Waals surface area contributed by atoms with E-state index in [1.165, 1.54) is 6.08 Å². The average Bonchev–Trinajstić information content (AvgIpc) is 2.49. The number of esters is 1. The van der Waals surface area contributed by atoms with Gasteiger partial charge in [-0.05, 0) is 75.4 Å². The van der Waals surface area contributed by atoms with E-state index in [1.54, 1.807) is 7.11 Å². The Balaban J connectivity index is 3.22. The van der Waals surface area contributed by atoms with Gasteiger partial charge in [0.1, 0.15) is 11.4 Å². The predicted octanol–water partition coefficient (Wildman–Crippen LogP) is 5.92. The van der Waals surface area contributed by atoms with E-state index in [4.69, 9.17) is 13.9 Å². The van der Waals surface area contributed by atoms with Crippen molar-refractivity contribution in [3.05, 3.63) is 35.6 Å². The first-order valence-electron chi connectivity index (χ1n) is 9.73. The Morgan fingerprint density at radius 1 is 1.19 bits per heavy atom. The summed E-state index contributed by atoms with van der Waals surface area (Å²) in [6, 6.07) is 0. The highest BCUT2D eigenvalue weighted by molar-refractivity contribution is 6.74. The molecule has 0 radical (unpaired) electrons. The van der Waals surface area contributed by atoms with Crippen molar-refractivity contribution < 1.29 is 18.7 Å². The lowest BCUT2D eigenvalue weighted by atomic mass is 9.88. The molecule has 1 atom stereocenters. The Morgan fingerprint density at radius 2 is 1.78 bits per heavy atom. The molecule has 1 rings (SSSR count). The largest absolute Gasteiger partial charge is 0.497 e. The fourth-order valence-electron chi connectivity index (χ4n) is 2.74. The summed E-state index contributed by atoms with van der Waals surface area (Å²) in [7, 11) is -0.330. The number of rotatable bonds is 6. The van der Waals surface area contributed by atoms with E-state index in [0.29, 0.717) is 5.76 Å². The summed E-state index contributed by atoms with van der Waals surface area (Å²) in [5.74, 6) is 0.288. The molecule has 0 saturated carbocycles. The number of hydrogen-bond acceptors (Lipinski definition) is 4. The number of carbonyl (C=O) groups excluding carboxylic acids is 1. The van der Waals surface area contributed by atoms with Crippen molar-refractivity contribution in [2.45, 2.75) is 90.6 Å². The van der Waals surface area contributed by atoms with Gasteiger partial charge in [0.2, 0.25) is 0 Å². The summed E-state index contributed by atoms with van der Waals surface area (Å²) < 4.78 is 17.5. The van der Waals surface area contributed by atoms with Crippen LogP contribution in [-0.2, 0) is 18.7 Å². The Hall–Kier alpha value is -1.33. The highest BCUT2D eigenvalue weighted by atomic mass is 28.4. The molecule has 0 heterocycles. The quantitative estimate of drug-likeness (QED) is 0.243. The molecule has 0 fully saturated rings. The van der Waals surface area contributed by atoms with Crippen molar-refractivity contribution in [3.8, 4) is 0 Å². The number of methoxy groups -OCH3 is 1. The fraction of sp³-hybridized carbons (Fsp3) is 0.682. The maximum atomic E-state index is 12.2. The highest BCUT2D eigenvalue weighted by Gasteiger charge is 2.40. The van der Waals surface area contributed by atoms with Crippen molar-refractivity contribution >= 4 is 14.3 Å². The first-order valence-corrected chi connectivity index (χ1v) is 12.6. The van der Waals surface area contributed by atoms with Gasteiger partial charge in [0.05, 0.1) is 13.2 Å². The molecule has 0 saturated heterocycles. The molecule has 154 valence electrons. The topological polar surface area (TPSA) is 44.8 Å². The standard InChI is InChI=1S/C22H38O4Si/c1-16(24-8)17-12-11-13-19(26-27(9,10)22(5,6)7)18(17)14-15-20(23)25-21(2,3)4/h14-15,19H,1,11-13H2,2-10H3/b15-14+. The summed E-state index contributed by atoms with van der Waals surface area (Å²) in [5.41, 5.74) is 1.51. The highest BCUT2D eigenvalue weighted by Crippen LogP contribution is 2.41. The zero-order valence-corrected chi connectivity index (χ0v) is 19.7. The number of allylic oxidation sites excluding steroid dienone is 1. The van der Waals surface area contributed by atoms with Crippen LogP contribution < -0.4 is 0 Å². The molecule has 0 aromatic heterocycles. The second kappa shape index (κ2) is 8.78. The molecular weight excluding hydrogens is 356 g/mol. The summed E-state index contributed by atoms with van der Waals surface area (Å²) in [4.78, 5) is 12.2. The molecule has 1 unspecified atom stereocenters. The normalized spacial score (nSPS) is 19.4. The van der Waals surface area contributed by atoms with Crippen LogP contribution in [0.15, 0.2) is 35.6 Å². The number of hydrogen-bond donors (Lipinski definition) is 0. The first-order chi connectivity index (χ1) is 12.2. The van der Waals surface area contributed by atoms with Crippen LogP contribution in [0.4, 0.5) is 0 Å². The molecule has 1 aliphatic rings. The first kappa shape index (κ1) is 23.7. The Bertz CT molecular complexity index is 615. The maximum Gasteiger partial charge on any atom is 0.331 e. The predicted molar refractivity (Wildman–Crippen MR) is 114 cm³/mol. The average molecular weight is 395 g/mol. The SMILES string of the molecule is C=C(OC)C1=C(/C=C/C(=O)OC(C)(C)C)C(O[Si](C)(C)C(C)(C)C)CCC1. The minimum Gasteiger partial charge on any atom is -0.497 e. The third-order valence-corrected chi connectivity index (χ3v) is 9.71. The van der Waals surface area contributed by atoms with Crippen LogP contribution in [0.25, 0.3) is 0 Å². The molecule has 0 aliphatic heterocycles. The second-order valence-electron chi connectivity index (χ2n) is 9.69. The van der Waals surface area contributed by atoms with Crippen molar-refractivity contribution in [3.63, 3.8) is 0 Å². The molecule has 0 N–H and O–H groups in total. The summed E-state index contributed by atoms with van der Waals surface area (Å²) >= 11 is 0. The second-order valence-corrected chi connectivity index (χ2v) is 14.4. The number of ether oxygens (including phenoxy) is 2. The lowest BCUT2D eigenvalue weighted by molar-refractivity contribution is -0.148. The Morgan fingerprint density at radius 3 is 2.26 bits per heavy atom. The fourth-order valence-corrected chi connectivity index (χ4v) is 4.05. The molecule has 0 bridgehead atoms. The van der Waals surface area contributed by atoms with Gasteiger partial charge >= 0.3 is 5.97 Å². The van der Waals surface area contributed by atoms with E-state index < -0.39 is 13.9 Å². The summed E-state index contributed by atoms with van der Waals surface area (Å²) in [5, 5.41) is 0.114. The van der Waals surface area contributed by atoms with Crippen LogP contribution in [0.2, 0.25) is 18.1 Å². The third kappa shape index (κ3) is 6.96. The van der Waals surface area contributed by atoms with Crippen LogP contribution in [0.3, 0.4) is 0 Å². The molecule has 1 aliphatic carbocycles. The molecule has 0 aromatic rings. The van der Waals surface area contributed by atoms with Gasteiger partial charge in [-0.1, -0.05) is 27.4 Å². The number of carbonyl (C=O) groups is 1. The Labute approximate surface area is 166 Å². The van der Waals surface area contributed by atoms with Crippen LogP contribution in [0.1, 0.15) is 60.8 Å². The minimum absolute atomic E-state index is 0.0553. The van der Waals surface area contributed by atoms with Crippen molar-refractivity contribution in [1.82, 2.24) is 0 Å². The van der Waals surface area contributed by atoms with E-state index in [0.717, 1.165) is 30.4 Å². The monoisotopic (exact) mass is 394 g/mol. The van der Waals surface area contributed by atoms with E-state index >= 15 is 0 Å². The summed E-state index contributed by atoms with van der Waals surface area (Å²) in [6.45, 7) is 20.8. The van der Waals surface area contributed by atoms with Crippen LogP contribution in [0.5, 0.6) is 0 Å². The van der Waals surface area contributed by atoms with Gasteiger partial charge in [-0.15, -0.1) is 0 Å². The van der Waals surface area contributed by atoms with Gasteiger partial charge in [0.25, 0.3) is 0 Å². The molecule has 5 heteroatoms. The van der Waals surface area contributed by atoms with Crippen molar-refractivity contribution in [2.75, 3.05) is 7.11 Å². The van der Waals surface area contributed by atoms with Gasteiger partial charge in [-0.2, -0.15) is 0 Å². The maximum absolute atomic E-state index is 12.2. The molecule has 0 amide bonds. The molecule has 0 spiro atoms. The van der Waals surface area contributed by atoms with Crippen LogP contribution in [-0.4, -0.2) is 33.1 Å². The minimum atomic E-state index is -1.96. The van der Waals surface area contributed by atoms with Crippen molar-refractivity contribution in [1.29, 1.82) is 0 Å². The Kier molecular flexibility index (Phi) is 7.71. The smallest absolute Gasteiger partial charge is 0.331 e. The van der Waals surface area contributed by atoms with E-state index in [2.05, 4.69) is 40.4 Å². The van der Waals surface area contributed by atoms with Gasteiger partial charge in [-0.25, -0.2) is 4.79 Å². The lowest BCUT2D eigenvalue weighted by Gasteiger charge is -2.41. The van der Waals surface area contributed by atoms with E-state index in [-0.39, 0.29) is 17.1 Å². The van der Waals surface area contributed by atoms with Gasteiger partial charge in [0, 0.05) is 6.08 Å². The molecule has 27 heavy (non-hydrogen) atoms. The zero-order chi connectivity index (χ0) is 21.0. The van der Waals surface area contributed by atoms with Gasteiger partial charge in [0.15, 0.2) is 8.32 Å².